The first kappa shape index (κ1) is 21.5. The molecule has 11 heteroatoms. The van der Waals surface area contributed by atoms with Gasteiger partial charge in [-0.05, 0) is 37.1 Å². The Morgan fingerprint density at radius 1 is 1.23 bits per heavy atom. The van der Waals surface area contributed by atoms with Gasteiger partial charge in [0.15, 0.2) is 5.82 Å². The van der Waals surface area contributed by atoms with Gasteiger partial charge in [-0.15, -0.1) is 0 Å². The van der Waals surface area contributed by atoms with E-state index in [2.05, 4.69) is 20.4 Å². The quantitative estimate of drug-likeness (QED) is 0.382. The topological polar surface area (TPSA) is 108 Å². The molecule has 0 bridgehead atoms. The Hall–Kier alpha value is -4.05. The molecule has 0 saturated heterocycles. The minimum absolute atomic E-state index is 0.0727. The first-order chi connectivity index (χ1) is 17.0. The van der Waals surface area contributed by atoms with Crippen LogP contribution in [0.1, 0.15) is 30.5 Å². The Morgan fingerprint density at radius 3 is 2.86 bits per heavy atom. The van der Waals surface area contributed by atoms with Crippen LogP contribution in [0.25, 0.3) is 21.9 Å². The predicted molar refractivity (Wildman–Crippen MR) is 127 cm³/mol. The highest BCUT2D eigenvalue weighted by Crippen LogP contribution is 2.38. The van der Waals surface area contributed by atoms with Crippen molar-refractivity contribution in [1.29, 1.82) is 0 Å². The number of fused-ring (bicyclic) bond motifs is 3. The summed E-state index contributed by atoms with van der Waals surface area (Å²) in [6, 6.07) is 11.3. The van der Waals surface area contributed by atoms with Gasteiger partial charge in [-0.25, -0.2) is 9.37 Å². The SMILES string of the molecule is O=C(Cn1c2ccccc2c2ncn(Cc3nc(C4CC4)no3)c(=O)c21)Nc1ccc(F)c(Cl)c1. The van der Waals surface area contributed by atoms with Crippen molar-refractivity contribution in [2.24, 2.45) is 0 Å². The van der Waals surface area contributed by atoms with E-state index < -0.39 is 11.7 Å². The van der Waals surface area contributed by atoms with Gasteiger partial charge in [0, 0.05) is 17.0 Å². The number of hydrogen-bond acceptors (Lipinski definition) is 6. The average molecular weight is 493 g/mol. The molecule has 6 rings (SSSR count). The lowest BCUT2D eigenvalue weighted by Gasteiger charge is -2.10. The number of nitrogens with one attached hydrogen (secondary N) is 1. The van der Waals surface area contributed by atoms with Crippen LogP contribution < -0.4 is 10.9 Å². The normalized spacial score (nSPS) is 13.5. The molecule has 3 aromatic heterocycles. The van der Waals surface area contributed by atoms with Crippen LogP contribution in [0.5, 0.6) is 0 Å². The van der Waals surface area contributed by atoms with E-state index in [9.17, 15) is 14.0 Å². The van der Waals surface area contributed by atoms with Gasteiger partial charge >= 0.3 is 0 Å². The fourth-order valence-electron chi connectivity index (χ4n) is 4.13. The van der Waals surface area contributed by atoms with Gasteiger partial charge in [-0.2, -0.15) is 4.98 Å². The number of amides is 1. The Labute approximate surface area is 202 Å². The fourth-order valence-corrected chi connectivity index (χ4v) is 4.31. The van der Waals surface area contributed by atoms with Gasteiger partial charge in [0.1, 0.15) is 29.9 Å². The van der Waals surface area contributed by atoms with Gasteiger partial charge in [0.05, 0.1) is 16.9 Å². The van der Waals surface area contributed by atoms with Crippen LogP contribution in [0.15, 0.2) is 58.1 Å². The number of carbonyl (C=O) groups is 1. The van der Waals surface area contributed by atoms with Crippen molar-refractivity contribution in [2.75, 3.05) is 5.32 Å². The Kier molecular flexibility index (Phi) is 5.10. The summed E-state index contributed by atoms with van der Waals surface area (Å²) in [6.07, 6.45) is 3.53. The summed E-state index contributed by atoms with van der Waals surface area (Å²) in [5.74, 6) is 0.333. The smallest absolute Gasteiger partial charge is 0.278 e. The first-order valence-corrected chi connectivity index (χ1v) is 11.4. The lowest BCUT2D eigenvalue weighted by atomic mass is 10.2. The Balaban J connectivity index is 1.38. The molecule has 0 unspecified atom stereocenters. The van der Waals surface area contributed by atoms with Gasteiger partial charge < -0.3 is 14.4 Å². The minimum Gasteiger partial charge on any atom is -0.337 e. The number of halogens is 2. The van der Waals surface area contributed by atoms with E-state index in [0.717, 1.165) is 18.2 Å². The van der Waals surface area contributed by atoms with Crippen molar-refractivity contribution in [3.05, 3.63) is 81.7 Å². The number of carbonyl (C=O) groups excluding carboxylic acids is 1. The molecule has 5 aromatic rings. The number of benzene rings is 2. The van der Waals surface area contributed by atoms with E-state index in [4.69, 9.17) is 16.1 Å². The summed E-state index contributed by atoms with van der Waals surface area (Å²) >= 11 is 5.82. The maximum Gasteiger partial charge on any atom is 0.278 e. The molecule has 9 nitrogen and oxygen atoms in total. The van der Waals surface area contributed by atoms with Crippen molar-refractivity contribution in [3.63, 3.8) is 0 Å². The molecular weight excluding hydrogens is 475 g/mol. The summed E-state index contributed by atoms with van der Waals surface area (Å²) in [4.78, 5) is 35.3. The Morgan fingerprint density at radius 2 is 2.06 bits per heavy atom. The van der Waals surface area contributed by atoms with Crippen molar-refractivity contribution in [3.8, 4) is 0 Å². The molecule has 3 heterocycles. The molecule has 0 spiro atoms. The lowest BCUT2D eigenvalue weighted by molar-refractivity contribution is -0.116. The monoisotopic (exact) mass is 492 g/mol. The highest BCUT2D eigenvalue weighted by atomic mass is 35.5. The zero-order valence-electron chi connectivity index (χ0n) is 18.2. The second kappa shape index (κ2) is 8.31. The summed E-state index contributed by atoms with van der Waals surface area (Å²) in [6.45, 7) is -0.0877. The number of nitrogens with zero attached hydrogens (tertiary/aromatic N) is 5. The van der Waals surface area contributed by atoms with Crippen LogP contribution >= 0.6 is 11.6 Å². The molecule has 2 aromatic carbocycles. The molecule has 1 amide bonds. The second-order valence-corrected chi connectivity index (χ2v) is 8.88. The van der Waals surface area contributed by atoms with E-state index in [-0.39, 0.29) is 29.2 Å². The van der Waals surface area contributed by atoms with E-state index in [1.54, 1.807) is 4.57 Å². The van der Waals surface area contributed by atoms with Crippen molar-refractivity contribution < 1.29 is 13.7 Å². The van der Waals surface area contributed by atoms with E-state index >= 15 is 0 Å². The molecule has 0 radical (unpaired) electrons. The molecule has 1 aliphatic rings. The van der Waals surface area contributed by atoms with Gasteiger partial charge in [-0.1, -0.05) is 35.0 Å². The number of rotatable bonds is 6. The van der Waals surface area contributed by atoms with Crippen LogP contribution in [-0.2, 0) is 17.9 Å². The predicted octanol–water partition coefficient (Wildman–Crippen LogP) is 4.09. The summed E-state index contributed by atoms with van der Waals surface area (Å²) in [5, 5.41) is 7.34. The van der Waals surface area contributed by atoms with Gasteiger partial charge in [0.2, 0.25) is 11.8 Å². The maximum absolute atomic E-state index is 13.5. The van der Waals surface area contributed by atoms with Crippen LogP contribution in [0, 0.1) is 5.82 Å². The lowest BCUT2D eigenvalue weighted by Crippen LogP contribution is -2.25. The molecule has 0 aliphatic heterocycles. The first-order valence-electron chi connectivity index (χ1n) is 11.0. The number of aromatic nitrogens is 5. The third kappa shape index (κ3) is 3.95. The third-order valence-corrected chi connectivity index (χ3v) is 6.26. The molecule has 1 saturated carbocycles. The summed E-state index contributed by atoms with van der Waals surface area (Å²) < 4.78 is 21.8. The molecule has 0 atom stereocenters. The van der Waals surface area contributed by atoms with Crippen molar-refractivity contribution >= 4 is 45.1 Å². The third-order valence-electron chi connectivity index (χ3n) is 5.97. The number of anilines is 1. The fraction of sp³-hybridized carbons (Fsp3) is 0.208. The van der Waals surface area contributed by atoms with Gasteiger partial charge in [0.25, 0.3) is 5.56 Å². The van der Waals surface area contributed by atoms with E-state index in [1.807, 2.05) is 24.3 Å². The van der Waals surface area contributed by atoms with Crippen molar-refractivity contribution in [1.82, 2.24) is 24.3 Å². The molecule has 176 valence electrons. The second-order valence-electron chi connectivity index (χ2n) is 8.48. The molecule has 1 N–H and O–H groups in total. The van der Waals surface area contributed by atoms with Crippen LogP contribution in [-0.4, -0.2) is 30.2 Å². The van der Waals surface area contributed by atoms with E-state index in [0.29, 0.717) is 34.4 Å². The van der Waals surface area contributed by atoms with Crippen LogP contribution in [0.2, 0.25) is 5.02 Å². The summed E-state index contributed by atoms with van der Waals surface area (Å²) in [7, 11) is 0. The number of hydrogen-bond donors (Lipinski definition) is 1. The molecular formula is C24H18ClFN6O3. The molecule has 35 heavy (non-hydrogen) atoms. The highest BCUT2D eigenvalue weighted by molar-refractivity contribution is 6.31. The average Bonchev–Trinajstić information content (AvgIpc) is 3.51. The maximum atomic E-state index is 13.5. The standard InChI is InChI=1S/C24H18ClFN6O3/c25-16-9-14(7-8-17(16)26)28-19(33)10-32-18-4-2-1-3-15(18)21-22(32)24(34)31(12-27-21)11-20-29-23(30-35-20)13-5-6-13/h1-4,7-9,12-13H,5-6,10-11H2,(H,28,33). The highest BCUT2D eigenvalue weighted by Gasteiger charge is 2.29. The van der Waals surface area contributed by atoms with Crippen LogP contribution in [0.4, 0.5) is 10.1 Å². The van der Waals surface area contributed by atoms with E-state index in [1.165, 1.54) is 29.1 Å². The Bertz CT molecular complexity index is 1670. The zero-order valence-corrected chi connectivity index (χ0v) is 19.0. The molecule has 1 aliphatic carbocycles. The molecule has 1 fully saturated rings. The minimum atomic E-state index is -0.579. The number of para-hydroxylation sites is 1. The van der Waals surface area contributed by atoms with Crippen LogP contribution in [0.3, 0.4) is 0 Å². The summed E-state index contributed by atoms with van der Waals surface area (Å²) in [5.41, 5.74) is 1.47. The van der Waals surface area contributed by atoms with Gasteiger partial charge in [-0.3, -0.25) is 14.2 Å². The van der Waals surface area contributed by atoms with Crippen molar-refractivity contribution in [2.45, 2.75) is 31.8 Å². The largest absolute Gasteiger partial charge is 0.337 e. The zero-order chi connectivity index (χ0) is 24.1.